The molecular formula is C26H20F2N6O3. The van der Waals surface area contributed by atoms with Crippen LogP contribution in [0.3, 0.4) is 0 Å². The molecule has 4 aromatic rings. The highest BCUT2D eigenvalue weighted by molar-refractivity contribution is 5.98. The van der Waals surface area contributed by atoms with Crippen LogP contribution in [0.1, 0.15) is 45.3 Å². The third-order valence-electron chi connectivity index (χ3n) is 6.72. The van der Waals surface area contributed by atoms with Gasteiger partial charge in [0.25, 0.3) is 5.91 Å². The maximum atomic E-state index is 14.9. The summed E-state index contributed by atoms with van der Waals surface area (Å²) in [5.41, 5.74) is 9.02. The van der Waals surface area contributed by atoms with Gasteiger partial charge in [-0.2, -0.15) is 0 Å². The molecule has 0 radical (unpaired) electrons. The third-order valence-corrected chi connectivity index (χ3v) is 6.72. The number of fused-ring (bicyclic) bond motifs is 4. The molecule has 0 unspecified atom stereocenters. The van der Waals surface area contributed by atoms with Gasteiger partial charge in [-0.1, -0.05) is 0 Å². The van der Waals surface area contributed by atoms with Crippen LogP contribution >= 0.6 is 0 Å². The molecule has 0 spiro atoms. The van der Waals surface area contributed by atoms with E-state index in [-0.39, 0.29) is 23.5 Å². The van der Waals surface area contributed by atoms with E-state index in [1.807, 2.05) is 0 Å². The molecule has 3 N–H and O–H groups in total. The number of anilines is 1. The Morgan fingerprint density at radius 3 is 2.81 bits per heavy atom. The summed E-state index contributed by atoms with van der Waals surface area (Å²) in [6, 6.07) is 6.34. The standard InChI is InChI=1S/C26H20F2N6O3/c1-30-13-7-17(27)14(18(28)8-13)10-34(21-4-6-37-22-3-2-5-31-24(21)22)26(35)20-9-19-23(32-20)15-11-36-12-16(15)25(29)33-19/h2-3,5,7-9,21,32H,4,6,10-12H2,(H2,29,33)/t21-/m1/s1. The minimum absolute atomic E-state index is 0.162. The number of aromatic nitrogens is 3. The largest absolute Gasteiger partial charge is 0.491 e. The van der Waals surface area contributed by atoms with Gasteiger partial charge in [-0.25, -0.2) is 18.6 Å². The van der Waals surface area contributed by atoms with E-state index in [9.17, 15) is 13.6 Å². The van der Waals surface area contributed by atoms with Crippen LogP contribution in [0.25, 0.3) is 15.9 Å². The second-order valence-corrected chi connectivity index (χ2v) is 8.86. The van der Waals surface area contributed by atoms with Crippen molar-refractivity contribution in [1.29, 1.82) is 0 Å². The first-order chi connectivity index (χ1) is 17.9. The molecular weight excluding hydrogens is 482 g/mol. The second kappa shape index (κ2) is 8.83. The second-order valence-electron chi connectivity index (χ2n) is 8.86. The van der Waals surface area contributed by atoms with Gasteiger partial charge in [-0.15, -0.1) is 0 Å². The van der Waals surface area contributed by atoms with Gasteiger partial charge < -0.3 is 25.1 Å². The van der Waals surface area contributed by atoms with Crippen molar-refractivity contribution in [1.82, 2.24) is 19.9 Å². The molecule has 0 aliphatic carbocycles. The quantitative estimate of drug-likeness (QED) is 0.396. The van der Waals surface area contributed by atoms with Crippen molar-refractivity contribution in [3.63, 3.8) is 0 Å². The molecule has 11 heteroatoms. The molecule has 186 valence electrons. The molecule has 9 nitrogen and oxygen atoms in total. The normalized spacial score (nSPS) is 16.1. The van der Waals surface area contributed by atoms with E-state index >= 15 is 0 Å². The number of hydrogen-bond acceptors (Lipinski definition) is 6. The van der Waals surface area contributed by atoms with Crippen LogP contribution in [0.15, 0.2) is 36.5 Å². The zero-order valence-electron chi connectivity index (χ0n) is 19.4. The van der Waals surface area contributed by atoms with Gasteiger partial charge in [0.05, 0.1) is 50.0 Å². The van der Waals surface area contributed by atoms with Crippen LogP contribution in [0.5, 0.6) is 5.75 Å². The fraction of sp³-hybridized carbons (Fsp3) is 0.231. The minimum atomic E-state index is -0.904. The summed E-state index contributed by atoms with van der Waals surface area (Å²) in [5.74, 6) is -1.47. The van der Waals surface area contributed by atoms with E-state index in [4.69, 9.17) is 21.8 Å². The molecule has 1 amide bonds. The Morgan fingerprint density at radius 1 is 1.24 bits per heavy atom. The topological polar surface area (TPSA) is 111 Å². The van der Waals surface area contributed by atoms with Gasteiger partial charge in [0, 0.05) is 29.3 Å². The smallest absolute Gasteiger partial charge is 0.271 e. The minimum Gasteiger partial charge on any atom is -0.491 e. The number of carbonyl (C=O) groups is 1. The van der Waals surface area contributed by atoms with E-state index in [1.54, 1.807) is 24.4 Å². The van der Waals surface area contributed by atoms with Gasteiger partial charge >= 0.3 is 0 Å². The number of pyridine rings is 2. The summed E-state index contributed by atoms with van der Waals surface area (Å²) >= 11 is 0. The van der Waals surface area contributed by atoms with Crippen LogP contribution in [0.4, 0.5) is 20.3 Å². The monoisotopic (exact) mass is 502 g/mol. The number of halogens is 2. The number of rotatable bonds is 4. The Labute approximate surface area is 209 Å². The van der Waals surface area contributed by atoms with Crippen molar-refractivity contribution in [2.75, 3.05) is 12.3 Å². The summed E-state index contributed by atoms with van der Waals surface area (Å²) in [5, 5.41) is 0. The Hall–Kier alpha value is -4.56. The number of nitrogen functional groups attached to an aromatic ring is 1. The van der Waals surface area contributed by atoms with Crippen LogP contribution < -0.4 is 10.5 Å². The Bertz CT molecular complexity index is 1590. The lowest BCUT2D eigenvalue weighted by Gasteiger charge is -2.35. The third kappa shape index (κ3) is 3.82. The molecule has 3 aromatic heterocycles. The Kier molecular flexibility index (Phi) is 5.46. The highest BCUT2D eigenvalue weighted by Gasteiger charge is 2.34. The van der Waals surface area contributed by atoms with Crippen molar-refractivity contribution >= 4 is 28.4 Å². The number of nitrogens with zero attached hydrogens (tertiary/aromatic N) is 4. The van der Waals surface area contributed by atoms with E-state index in [2.05, 4.69) is 19.8 Å². The number of hydrogen-bond donors (Lipinski definition) is 2. The first kappa shape index (κ1) is 22.9. The summed E-state index contributed by atoms with van der Waals surface area (Å²) in [7, 11) is 0. The lowest BCUT2D eigenvalue weighted by atomic mass is 10.0. The van der Waals surface area contributed by atoms with Crippen molar-refractivity contribution in [3.05, 3.63) is 87.7 Å². The van der Waals surface area contributed by atoms with Crippen LogP contribution in [-0.4, -0.2) is 32.4 Å². The van der Waals surface area contributed by atoms with Gasteiger partial charge in [-0.05, 0) is 30.3 Å². The number of nitrogens with one attached hydrogen (secondary N) is 1. The molecule has 37 heavy (non-hydrogen) atoms. The van der Waals surface area contributed by atoms with Gasteiger partial charge in [0.1, 0.15) is 34.6 Å². The zero-order chi connectivity index (χ0) is 25.7. The fourth-order valence-corrected chi connectivity index (χ4v) is 4.90. The summed E-state index contributed by atoms with van der Waals surface area (Å²) in [6.07, 6.45) is 1.95. The maximum absolute atomic E-state index is 14.9. The Balaban J connectivity index is 1.46. The Morgan fingerprint density at radius 2 is 2.03 bits per heavy atom. The fourth-order valence-electron chi connectivity index (χ4n) is 4.90. The first-order valence-corrected chi connectivity index (χ1v) is 11.6. The number of nitrogens with two attached hydrogens (primary N) is 1. The molecule has 1 aromatic carbocycles. The molecule has 2 aliphatic rings. The number of amides is 1. The molecule has 6 rings (SSSR count). The number of benzene rings is 1. The predicted molar refractivity (Wildman–Crippen MR) is 129 cm³/mol. The molecule has 5 heterocycles. The highest BCUT2D eigenvalue weighted by Crippen LogP contribution is 2.37. The lowest BCUT2D eigenvalue weighted by Crippen LogP contribution is -2.38. The number of aromatic amines is 1. The molecule has 0 saturated carbocycles. The molecule has 0 fully saturated rings. The highest BCUT2D eigenvalue weighted by atomic mass is 19.1. The van der Waals surface area contributed by atoms with Gasteiger partial charge in [-0.3, -0.25) is 9.78 Å². The number of carbonyl (C=O) groups excluding carboxylic acids is 1. The SMILES string of the molecule is [C-]#[N+]c1cc(F)c(CN(C(=O)c2cc3nc(N)c4c(c3[nH]2)COC4)[C@@H]2CCOc3cccnc32)c(F)c1. The van der Waals surface area contributed by atoms with Gasteiger partial charge in [0.15, 0.2) is 5.69 Å². The van der Waals surface area contributed by atoms with E-state index in [0.29, 0.717) is 54.5 Å². The van der Waals surface area contributed by atoms with E-state index < -0.39 is 23.6 Å². The van der Waals surface area contributed by atoms with Crippen molar-refractivity contribution in [2.24, 2.45) is 0 Å². The molecule has 1 atom stereocenters. The number of ether oxygens (including phenoxy) is 2. The summed E-state index contributed by atoms with van der Waals surface area (Å²) in [4.78, 5) is 30.4. The van der Waals surface area contributed by atoms with Crippen LogP contribution in [0.2, 0.25) is 0 Å². The average molecular weight is 502 g/mol. The van der Waals surface area contributed by atoms with Gasteiger partial charge in [0.2, 0.25) is 0 Å². The summed E-state index contributed by atoms with van der Waals surface area (Å²) < 4.78 is 41.1. The average Bonchev–Trinajstić information content (AvgIpc) is 3.55. The maximum Gasteiger partial charge on any atom is 0.271 e. The summed E-state index contributed by atoms with van der Waals surface area (Å²) in [6.45, 7) is 7.64. The van der Waals surface area contributed by atoms with Crippen molar-refractivity contribution < 1.29 is 23.0 Å². The van der Waals surface area contributed by atoms with Crippen LogP contribution in [-0.2, 0) is 24.5 Å². The van der Waals surface area contributed by atoms with Crippen molar-refractivity contribution in [2.45, 2.75) is 32.2 Å². The van der Waals surface area contributed by atoms with Crippen molar-refractivity contribution in [3.8, 4) is 5.75 Å². The predicted octanol–water partition coefficient (Wildman–Crippen LogP) is 4.57. The molecule has 2 aliphatic heterocycles. The first-order valence-electron chi connectivity index (χ1n) is 11.6. The lowest BCUT2D eigenvalue weighted by molar-refractivity contribution is 0.0584. The molecule has 0 saturated heterocycles. The van der Waals surface area contributed by atoms with Crippen LogP contribution in [0, 0.1) is 18.2 Å². The molecule has 0 bridgehead atoms. The van der Waals surface area contributed by atoms with E-state index in [0.717, 1.165) is 23.3 Å². The van der Waals surface area contributed by atoms with E-state index in [1.165, 1.54) is 4.90 Å². The zero-order valence-corrected chi connectivity index (χ0v) is 19.4. The number of H-pyrrole nitrogens is 1.